The third-order valence-corrected chi connectivity index (χ3v) is 5.50. The molecule has 2 unspecified atom stereocenters. The van der Waals surface area contributed by atoms with Crippen molar-refractivity contribution in [3.8, 4) is 0 Å². The van der Waals surface area contributed by atoms with Crippen LogP contribution >= 0.6 is 11.3 Å². The van der Waals surface area contributed by atoms with Gasteiger partial charge in [0.2, 0.25) is 0 Å². The molecule has 6 heteroatoms. The monoisotopic (exact) mass is 311 g/mol. The summed E-state index contributed by atoms with van der Waals surface area (Å²) in [4.78, 5) is 26.1. The Hall–Kier alpha value is -1.56. The highest BCUT2D eigenvalue weighted by Gasteiger charge is 2.36. The first-order valence-corrected chi connectivity index (χ1v) is 7.84. The van der Waals surface area contributed by atoms with Gasteiger partial charge in [0.1, 0.15) is 0 Å². The highest BCUT2D eigenvalue weighted by Crippen LogP contribution is 2.40. The van der Waals surface area contributed by atoms with Crippen LogP contribution in [-0.4, -0.2) is 33.7 Å². The van der Waals surface area contributed by atoms with Crippen molar-refractivity contribution in [2.45, 2.75) is 45.1 Å². The second-order valence-corrected chi connectivity index (χ2v) is 7.62. The van der Waals surface area contributed by atoms with E-state index in [1.165, 1.54) is 9.78 Å². The number of piperidine rings is 1. The second-order valence-electron chi connectivity index (χ2n) is 6.50. The Morgan fingerprint density at radius 2 is 1.95 bits per heavy atom. The summed E-state index contributed by atoms with van der Waals surface area (Å²) in [6.45, 7) is 6.61. The Balaban J connectivity index is 2.29. The normalized spacial score (nSPS) is 23.1. The third kappa shape index (κ3) is 3.37. The first-order valence-electron chi connectivity index (χ1n) is 7.02. The minimum absolute atomic E-state index is 0.0117. The largest absolute Gasteiger partial charge is 0.481 e. The first-order chi connectivity index (χ1) is 9.70. The maximum atomic E-state index is 11.4. The summed E-state index contributed by atoms with van der Waals surface area (Å²) < 4.78 is 0. The summed E-state index contributed by atoms with van der Waals surface area (Å²) >= 11 is 1.58. The molecule has 21 heavy (non-hydrogen) atoms. The maximum Gasteiger partial charge on any atom is 0.407 e. The van der Waals surface area contributed by atoms with E-state index in [1.807, 2.05) is 12.1 Å². The molecule has 2 N–H and O–H groups in total. The lowest BCUT2D eigenvalue weighted by Gasteiger charge is -2.35. The molecule has 1 fully saturated rings. The van der Waals surface area contributed by atoms with Crippen LogP contribution in [0.4, 0.5) is 4.79 Å². The molecule has 1 saturated heterocycles. The maximum absolute atomic E-state index is 11.4. The standard InChI is InChI=1S/C15H21NO4S/c1-15(2,3)12-5-4-11(21-12)10-8-9(13(17)18)6-7-16(10)14(19)20/h4-5,9-10H,6-8H2,1-3H3,(H,17,18)(H,19,20). The Morgan fingerprint density at radius 3 is 2.43 bits per heavy atom. The molecule has 0 radical (unpaired) electrons. The topological polar surface area (TPSA) is 77.8 Å². The number of nitrogens with zero attached hydrogens (tertiary/aromatic N) is 1. The van der Waals surface area contributed by atoms with Gasteiger partial charge in [0.25, 0.3) is 0 Å². The number of carboxylic acids is 1. The van der Waals surface area contributed by atoms with Crippen LogP contribution in [0.3, 0.4) is 0 Å². The van der Waals surface area contributed by atoms with Crippen molar-refractivity contribution in [2.75, 3.05) is 6.54 Å². The molecule has 0 spiro atoms. The molecule has 0 aliphatic carbocycles. The van der Waals surface area contributed by atoms with Crippen LogP contribution in [0.25, 0.3) is 0 Å². The lowest BCUT2D eigenvalue weighted by molar-refractivity contribution is -0.144. The van der Waals surface area contributed by atoms with Crippen molar-refractivity contribution in [3.63, 3.8) is 0 Å². The average Bonchev–Trinajstić information content (AvgIpc) is 2.87. The summed E-state index contributed by atoms with van der Waals surface area (Å²) in [7, 11) is 0. The van der Waals surface area contributed by atoms with E-state index in [4.69, 9.17) is 0 Å². The van der Waals surface area contributed by atoms with E-state index in [2.05, 4.69) is 20.8 Å². The van der Waals surface area contributed by atoms with Crippen molar-refractivity contribution in [1.29, 1.82) is 0 Å². The van der Waals surface area contributed by atoms with Gasteiger partial charge in [-0.15, -0.1) is 11.3 Å². The molecule has 2 atom stereocenters. The van der Waals surface area contributed by atoms with E-state index in [1.54, 1.807) is 11.3 Å². The van der Waals surface area contributed by atoms with Gasteiger partial charge < -0.3 is 15.1 Å². The Labute approximate surface area is 128 Å². The van der Waals surface area contributed by atoms with Crippen molar-refractivity contribution < 1.29 is 19.8 Å². The van der Waals surface area contributed by atoms with Gasteiger partial charge in [-0.05, 0) is 30.4 Å². The Kier molecular flexibility index (Phi) is 4.27. The van der Waals surface area contributed by atoms with E-state index in [0.29, 0.717) is 12.8 Å². The number of aliphatic carboxylic acids is 1. The molecule has 0 aromatic carbocycles. The van der Waals surface area contributed by atoms with E-state index >= 15 is 0 Å². The van der Waals surface area contributed by atoms with Crippen molar-refractivity contribution >= 4 is 23.4 Å². The molecule has 1 aromatic rings. The zero-order valence-electron chi connectivity index (χ0n) is 12.5. The van der Waals surface area contributed by atoms with Crippen LogP contribution in [0.2, 0.25) is 0 Å². The number of thiophene rings is 1. The summed E-state index contributed by atoms with van der Waals surface area (Å²) in [5.74, 6) is -1.30. The van der Waals surface area contributed by atoms with Gasteiger partial charge >= 0.3 is 12.1 Å². The molecule has 1 amide bonds. The molecular formula is C15H21NO4S. The van der Waals surface area contributed by atoms with Gasteiger partial charge in [0, 0.05) is 16.3 Å². The van der Waals surface area contributed by atoms with Crippen LogP contribution in [0.5, 0.6) is 0 Å². The fourth-order valence-corrected chi connectivity index (χ4v) is 3.82. The minimum atomic E-state index is -0.977. The minimum Gasteiger partial charge on any atom is -0.481 e. The highest BCUT2D eigenvalue weighted by atomic mass is 32.1. The van der Waals surface area contributed by atoms with Gasteiger partial charge in [0.15, 0.2) is 0 Å². The molecule has 1 aromatic heterocycles. The molecule has 1 aliphatic rings. The number of rotatable bonds is 2. The number of hydrogen-bond acceptors (Lipinski definition) is 3. The van der Waals surface area contributed by atoms with Gasteiger partial charge in [-0.2, -0.15) is 0 Å². The lowest BCUT2D eigenvalue weighted by atomic mass is 9.90. The fraction of sp³-hybridized carbons (Fsp3) is 0.600. The lowest BCUT2D eigenvalue weighted by Crippen LogP contribution is -2.41. The Morgan fingerprint density at radius 1 is 1.29 bits per heavy atom. The first kappa shape index (κ1) is 15.8. The predicted molar refractivity (Wildman–Crippen MR) is 80.9 cm³/mol. The van der Waals surface area contributed by atoms with Crippen LogP contribution in [0.15, 0.2) is 12.1 Å². The second kappa shape index (κ2) is 5.67. The number of likely N-dealkylation sites (tertiary alicyclic amines) is 1. The molecule has 116 valence electrons. The van der Waals surface area contributed by atoms with Gasteiger partial charge in [-0.3, -0.25) is 4.79 Å². The summed E-state index contributed by atoms with van der Waals surface area (Å²) in [5, 5.41) is 18.5. The molecule has 2 rings (SSSR count). The zero-order valence-corrected chi connectivity index (χ0v) is 13.3. The summed E-state index contributed by atoms with van der Waals surface area (Å²) in [5.41, 5.74) is 0.0117. The predicted octanol–water partition coefficient (Wildman–Crippen LogP) is 3.56. The number of amides is 1. The average molecular weight is 311 g/mol. The highest BCUT2D eigenvalue weighted by molar-refractivity contribution is 7.12. The molecule has 2 heterocycles. The van der Waals surface area contributed by atoms with Crippen molar-refractivity contribution in [1.82, 2.24) is 4.90 Å². The Bertz CT molecular complexity index is 546. The number of carboxylic acid groups (broad SMARTS) is 2. The molecule has 1 aliphatic heterocycles. The summed E-state index contributed by atoms with van der Waals surface area (Å²) in [6, 6.07) is 3.61. The van der Waals surface area contributed by atoms with Crippen LogP contribution in [0, 0.1) is 5.92 Å². The number of carbonyl (C=O) groups is 2. The van der Waals surface area contributed by atoms with Gasteiger partial charge in [0.05, 0.1) is 12.0 Å². The SMILES string of the molecule is CC(C)(C)c1ccc(C2CC(C(=O)O)CCN2C(=O)O)s1. The zero-order chi connectivity index (χ0) is 15.8. The molecule has 0 bridgehead atoms. The van der Waals surface area contributed by atoms with Gasteiger partial charge in [-0.25, -0.2) is 4.79 Å². The van der Waals surface area contributed by atoms with E-state index in [9.17, 15) is 19.8 Å². The molecule has 0 saturated carbocycles. The fourth-order valence-electron chi connectivity index (χ4n) is 2.62. The third-order valence-electron chi connectivity index (χ3n) is 3.89. The van der Waals surface area contributed by atoms with Crippen molar-refractivity contribution in [2.24, 2.45) is 5.92 Å². The molecular weight excluding hydrogens is 290 g/mol. The summed E-state index contributed by atoms with van der Waals surface area (Å²) in [6.07, 6.45) is -0.240. The smallest absolute Gasteiger partial charge is 0.407 e. The van der Waals surface area contributed by atoms with Crippen molar-refractivity contribution in [3.05, 3.63) is 21.9 Å². The van der Waals surface area contributed by atoms with E-state index < -0.39 is 18.0 Å². The van der Waals surface area contributed by atoms with Crippen LogP contribution < -0.4 is 0 Å². The van der Waals surface area contributed by atoms with Crippen LogP contribution in [0.1, 0.15) is 49.4 Å². The van der Waals surface area contributed by atoms with E-state index in [0.717, 1.165) is 4.88 Å². The molecule has 5 nitrogen and oxygen atoms in total. The van der Waals surface area contributed by atoms with Crippen LogP contribution in [-0.2, 0) is 10.2 Å². The number of hydrogen-bond donors (Lipinski definition) is 2. The quantitative estimate of drug-likeness (QED) is 0.875. The van der Waals surface area contributed by atoms with E-state index in [-0.39, 0.29) is 18.0 Å². The van der Waals surface area contributed by atoms with Gasteiger partial charge in [-0.1, -0.05) is 20.8 Å².